The van der Waals surface area contributed by atoms with Crippen molar-refractivity contribution in [2.24, 2.45) is 0 Å². The Hall–Kier alpha value is -2.90. The number of nitrogens with one attached hydrogen (secondary N) is 1. The molecule has 0 unspecified atom stereocenters. The average molecular weight is 448 g/mol. The quantitative estimate of drug-likeness (QED) is 0.425. The van der Waals surface area contributed by atoms with Crippen LogP contribution in [0.25, 0.3) is 11.0 Å². The second kappa shape index (κ2) is 9.71. The van der Waals surface area contributed by atoms with Crippen LogP contribution < -0.4 is 10.1 Å². The van der Waals surface area contributed by atoms with Crippen LogP contribution in [0.3, 0.4) is 0 Å². The fraction of sp³-hybridized carbons (Fsp3) is 0.360. The van der Waals surface area contributed by atoms with Gasteiger partial charge in [-0.1, -0.05) is 24.3 Å². The molecule has 1 saturated heterocycles. The lowest BCUT2D eigenvalue weighted by atomic mass is 10.0. The molecule has 4 aromatic rings. The summed E-state index contributed by atoms with van der Waals surface area (Å²) < 4.78 is 7.52. The Kier molecular flexibility index (Phi) is 6.36. The molecule has 2 aromatic carbocycles. The molecule has 0 aliphatic carbocycles. The summed E-state index contributed by atoms with van der Waals surface area (Å²) in [6.45, 7) is 4.06. The molecule has 0 amide bonds. The molecule has 6 nitrogen and oxygen atoms in total. The minimum Gasteiger partial charge on any atom is -0.497 e. The van der Waals surface area contributed by atoms with Crippen LogP contribution in [-0.2, 0) is 13.0 Å². The summed E-state index contributed by atoms with van der Waals surface area (Å²) in [5, 5.41) is 5.86. The number of fused-ring (bicyclic) bond motifs is 1. The first-order chi connectivity index (χ1) is 15.8. The Morgan fingerprint density at radius 2 is 1.91 bits per heavy atom. The van der Waals surface area contributed by atoms with Crippen LogP contribution in [0.4, 0.5) is 5.95 Å². The summed E-state index contributed by atoms with van der Waals surface area (Å²) in [5.74, 6) is 1.87. The van der Waals surface area contributed by atoms with Crippen LogP contribution >= 0.6 is 11.3 Å². The van der Waals surface area contributed by atoms with E-state index >= 15 is 0 Å². The maximum Gasteiger partial charge on any atom is 0.204 e. The number of hydrogen-bond acceptors (Lipinski definition) is 6. The maximum atomic E-state index is 5.25. The van der Waals surface area contributed by atoms with Gasteiger partial charge in [0.05, 0.1) is 35.9 Å². The molecule has 0 spiro atoms. The number of anilines is 1. The number of piperidine rings is 1. The molecule has 166 valence electrons. The van der Waals surface area contributed by atoms with Crippen molar-refractivity contribution in [2.75, 3.05) is 32.1 Å². The summed E-state index contributed by atoms with van der Waals surface area (Å²) in [6.07, 6.45) is 3.33. The van der Waals surface area contributed by atoms with Gasteiger partial charge in [0, 0.05) is 31.1 Å². The Labute approximate surface area is 192 Å². The van der Waals surface area contributed by atoms with Crippen molar-refractivity contribution < 1.29 is 4.74 Å². The van der Waals surface area contributed by atoms with E-state index in [4.69, 9.17) is 9.72 Å². The lowest BCUT2D eigenvalue weighted by Gasteiger charge is -2.32. The zero-order valence-corrected chi connectivity index (χ0v) is 19.2. The third-order valence-electron chi connectivity index (χ3n) is 6.25. The number of thiazole rings is 1. The van der Waals surface area contributed by atoms with Crippen molar-refractivity contribution in [3.05, 3.63) is 70.7 Å². The number of imidazole rings is 1. The normalized spacial score (nSPS) is 15.3. The van der Waals surface area contributed by atoms with Gasteiger partial charge < -0.3 is 19.5 Å². The molecule has 1 N–H and O–H groups in total. The largest absolute Gasteiger partial charge is 0.497 e. The van der Waals surface area contributed by atoms with E-state index in [1.165, 1.54) is 5.56 Å². The highest BCUT2D eigenvalue weighted by Gasteiger charge is 2.21. The van der Waals surface area contributed by atoms with Crippen molar-refractivity contribution in [3.63, 3.8) is 0 Å². The number of nitrogens with zero attached hydrogens (tertiary/aromatic N) is 4. The van der Waals surface area contributed by atoms with Crippen molar-refractivity contribution in [1.29, 1.82) is 0 Å². The van der Waals surface area contributed by atoms with Crippen LogP contribution in [0.2, 0.25) is 0 Å². The predicted molar refractivity (Wildman–Crippen MR) is 131 cm³/mol. The van der Waals surface area contributed by atoms with Crippen LogP contribution in [0, 0.1) is 0 Å². The zero-order valence-electron chi connectivity index (χ0n) is 18.4. The number of rotatable bonds is 8. The van der Waals surface area contributed by atoms with Gasteiger partial charge in [0.25, 0.3) is 0 Å². The SMILES string of the molecule is COc1ccc(CCN2CCC(Nc3nc4ccccc4n3Cc3cscn3)CC2)cc1. The van der Waals surface area contributed by atoms with Crippen molar-refractivity contribution in [2.45, 2.75) is 31.8 Å². The number of benzene rings is 2. The van der Waals surface area contributed by atoms with Gasteiger partial charge in [-0.15, -0.1) is 11.3 Å². The fourth-order valence-electron chi connectivity index (χ4n) is 4.39. The molecule has 1 aliphatic heterocycles. The molecule has 1 aliphatic rings. The van der Waals surface area contributed by atoms with Gasteiger partial charge in [0.15, 0.2) is 0 Å². The van der Waals surface area contributed by atoms with E-state index in [1.807, 2.05) is 23.7 Å². The van der Waals surface area contributed by atoms with Crippen molar-refractivity contribution in [1.82, 2.24) is 19.4 Å². The first-order valence-corrected chi connectivity index (χ1v) is 12.2. The monoisotopic (exact) mass is 447 g/mol. The van der Waals surface area contributed by atoms with Gasteiger partial charge in [-0.2, -0.15) is 0 Å². The van der Waals surface area contributed by atoms with Crippen molar-refractivity contribution >= 4 is 28.3 Å². The highest BCUT2D eigenvalue weighted by atomic mass is 32.1. The van der Waals surface area contributed by atoms with E-state index in [1.54, 1.807) is 18.4 Å². The first kappa shape index (κ1) is 21.0. The van der Waals surface area contributed by atoms with Crippen molar-refractivity contribution in [3.8, 4) is 5.75 Å². The fourth-order valence-corrected chi connectivity index (χ4v) is 4.94. The number of likely N-dealkylation sites (tertiary alicyclic amines) is 1. The number of aromatic nitrogens is 3. The Morgan fingerprint density at radius 1 is 1.09 bits per heavy atom. The number of methoxy groups -OCH3 is 1. The lowest BCUT2D eigenvalue weighted by molar-refractivity contribution is 0.221. The standard InChI is InChI=1S/C25H29N5OS/c1-31-22-8-6-19(7-9-22)10-13-29-14-11-20(12-15-29)27-25-28-23-4-2-3-5-24(23)30(25)16-21-17-32-18-26-21/h2-9,17-18,20H,10-16H2,1H3,(H,27,28). The second-order valence-corrected chi connectivity index (χ2v) is 9.07. The third-order valence-corrected chi connectivity index (χ3v) is 6.89. The number of hydrogen-bond donors (Lipinski definition) is 1. The minimum absolute atomic E-state index is 0.443. The van der Waals surface area contributed by atoms with Crippen LogP contribution in [0.15, 0.2) is 59.4 Å². The molecule has 0 saturated carbocycles. The van der Waals surface area contributed by atoms with Crippen LogP contribution in [-0.4, -0.2) is 52.2 Å². The smallest absolute Gasteiger partial charge is 0.204 e. The van der Waals surface area contributed by atoms with Gasteiger partial charge in [0.2, 0.25) is 5.95 Å². The summed E-state index contributed by atoms with van der Waals surface area (Å²) >= 11 is 1.64. The van der Waals surface area contributed by atoms with Gasteiger partial charge in [0.1, 0.15) is 5.75 Å². The molecule has 0 atom stereocenters. The topological polar surface area (TPSA) is 55.2 Å². The Morgan fingerprint density at radius 3 is 2.66 bits per heavy atom. The molecular weight excluding hydrogens is 418 g/mol. The predicted octanol–water partition coefficient (Wildman–Crippen LogP) is 4.67. The molecule has 0 bridgehead atoms. The van der Waals surface area contributed by atoms with Crippen LogP contribution in [0.1, 0.15) is 24.1 Å². The van der Waals surface area contributed by atoms with Crippen LogP contribution in [0.5, 0.6) is 5.75 Å². The molecule has 1 fully saturated rings. The zero-order chi connectivity index (χ0) is 21.8. The molecule has 5 rings (SSSR count). The second-order valence-electron chi connectivity index (χ2n) is 8.35. The molecule has 32 heavy (non-hydrogen) atoms. The van der Waals surface area contributed by atoms with E-state index in [0.29, 0.717) is 6.04 Å². The third kappa shape index (κ3) is 4.79. The number of ether oxygens (including phenoxy) is 1. The molecule has 0 radical (unpaired) electrons. The van der Waals surface area contributed by atoms with E-state index < -0.39 is 0 Å². The first-order valence-electron chi connectivity index (χ1n) is 11.2. The molecule has 3 heterocycles. The Balaban J connectivity index is 1.19. The van der Waals surface area contributed by atoms with E-state index in [9.17, 15) is 0 Å². The highest BCUT2D eigenvalue weighted by Crippen LogP contribution is 2.24. The molecule has 2 aromatic heterocycles. The average Bonchev–Trinajstić information content (AvgIpc) is 3.47. The van der Waals surface area contributed by atoms with Gasteiger partial charge >= 0.3 is 0 Å². The lowest BCUT2D eigenvalue weighted by Crippen LogP contribution is -2.40. The molecule has 7 heteroatoms. The van der Waals surface area contributed by atoms with E-state index in [2.05, 4.69) is 55.5 Å². The van der Waals surface area contributed by atoms with E-state index in [0.717, 1.165) is 73.9 Å². The van der Waals surface area contributed by atoms with Gasteiger partial charge in [-0.3, -0.25) is 0 Å². The highest BCUT2D eigenvalue weighted by molar-refractivity contribution is 7.07. The summed E-state index contributed by atoms with van der Waals surface area (Å²) in [4.78, 5) is 11.9. The minimum atomic E-state index is 0.443. The summed E-state index contributed by atoms with van der Waals surface area (Å²) in [7, 11) is 1.71. The van der Waals surface area contributed by atoms with Gasteiger partial charge in [-0.05, 0) is 49.1 Å². The Bertz CT molecular complexity index is 1130. The van der Waals surface area contributed by atoms with Gasteiger partial charge in [-0.25, -0.2) is 9.97 Å². The molecular formula is C25H29N5OS. The van der Waals surface area contributed by atoms with E-state index in [-0.39, 0.29) is 0 Å². The summed E-state index contributed by atoms with van der Waals surface area (Å²) in [5.41, 5.74) is 6.52. The maximum absolute atomic E-state index is 5.25. The number of para-hydroxylation sites is 2. The summed E-state index contributed by atoms with van der Waals surface area (Å²) in [6, 6.07) is 17.2.